The summed E-state index contributed by atoms with van der Waals surface area (Å²) in [6, 6.07) is 11.5. The second-order valence-corrected chi connectivity index (χ2v) is 7.63. The number of methoxy groups -OCH3 is 1. The van der Waals surface area contributed by atoms with Gasteiger partial charge in [0, 0.05) is 20.2 Å². The summed E-state index contributed by atoms with van der Waals surface area (Å²) in [6.45, 7) is 5.40. The molecule has 0 aliphatic carbocycles. The van der Waals surface area contributed by atoms with Crippen molar-refractivity contribution in [2.24, 2.45) is 5.41 Å². The van der Waals surface area contributed by atoms with Gasteiger partial charge in [-0.2, -0.15) is 0 Å². The second-order valence-electron chi connectivity index (χ2n) is 7.63. The summed E-state index contributed by atoms with van der Waals surface area (Å²) in [7, 11) is 1.58. The first-order chi connectivity index (χ1) is 14.0. The van der Waals surface area contributed by atoms with Gasteiger partial charge in [-0.3, -0.25) is 9.59 Å². The van der Waals surface area contributed by atoms with Gasteiger partial charge in [0.25, 0.3) is 5.91 Å². The third-order valence-corrected chi connectivity index (χ3v) is 5.52. The number of amides is 1. The standard InChI is InChI=1S/C23H29NO5/c1-4-28-22(26)23(14-18-9-6-5-8-17(18)2)12-7-13-24(16-23)21(25)20-11-10-19(29-20)15-27-3/h5-6,8-11H,4,7,12-16H2,1-3H3/t23-/m0/s1. The number of aryl methyl sites for hydroxylation is 1. The maximum Gasteiger partial charge on any atom is 0.314 e. The molecule has 6 heteroatoms. The molecule has 1 aromatic carbocycles. The Labute approximate surface area is 171 Å². The van der Waals surface area contributed by atoms with E-state index in [1.54, 1.807) is 24.1 Å². The lowest BCUT2D eigenvalue weighted by atomic mass is 9.74. The maximum absolute atomic E-state index is 13.0. The minimum atomic E-state index is -0.752. The van der Waals surface area contributed by atoms with Crippen molar-refractivity contribution in [3.63, 3.8) is 0 Å². The Kier molecular flexibility index (Phi) is 6.75. The first kappa shape index (κ1) is 21.1. The fraction of sp³-hybridized carbons (Fsp3) is 0.478. The van der Waals surface area contributed by atoms with Gasteiger partial charge in [-0.1, -0.05) is 24.3 Å². The highest BCUT2D eigenvalue weighted by atomic mass is 16.5. The Hall–Kier alpha value is -2.60. The first-order valence-corrected chi connectivity index (χ1v) is 10.1. The molecule has 1 atom stereocenters. The zero-order valence-electron chi connectivity index (χ0n) is 17.4. The van der Waals surface area contributed by atoms with E-state index in [1.165, 1.54) is 0 Å². The van der Waals surface area contributed by atoms with Crippen molar-refractivity contribution < 1.29 is 23.5 Å². The second kappa shape index (κ2) is 9.27. The summed E-state index contributed by atoms with van der Waals surface area (Å²) in [5, 5.41) is 0. The molecule has 1 amide bonds. The van der Waals surface area contributed by atoms with E-state index >= 15 is 0 Å². The predicted molar refractivity (Wildman–Crippen MR) is 109 cm³/mol. The summed E-state index contributed by atoms with van der Waals surface area (Å²) in [6.07, 6.45) is 1.98. The molecule has 2 aromatic rings. The summed E-state index contributed by atoms with van der Waals surface area (Å²) < 4.78 is 16.1. The Morgan fingerprint density at radius 3 is 2.72 bits per heavy atom. The van der Waals surface area contributed by atoms with Crippen molar-refractivity contribution in [2.45, 2.75) is 39.7 Å². The number of hydrogen-bond donors (Lipinski definition) is 0. The quantitative estimate of drug-likeness (QED) is 0.663. The molecule has 6 nitrogen and oxygen atoms in total. The summed E-state index contributed by atoms with van der Waals surface area (Å²) in [5.41, 5.74) is 1.49. The molecule has 0 unspecified atom stereocenters. The van der Waals surface area contributed by atoms with Crippen LogP contribution in [0.1, 0.15) is 47.2 Å². The van der Waals surface area contributed by atoms with E-state index in [4.69, 9.17) is 13.9 Å². The van der Waals surface area contributed by atoms with Crippen LogP contribution in [0.4, 0.5) is 0 Å². The van der Waals surface area contributed by atoms with Crippen LogP contribution in [0.3, 0.4) is 0 Å². The van der Waals surface area contributed by atoms with Gasteiger partial charge in [-0.05, 0) is 56.4 Å². The van der Waals surface area contributed by atoms with Crippen LogP contribution in [-0.4, -0.2) is 43.6 Å². The van der Waals surface area contributed by atoms with Crippen LogP contribution in [0.15, 0.2) is 40.8 Å². The summed E-state index contributed by atoms with van der Waals surface area (Å²) in [4.78, 5) is 27.8. The largest absolute Gasteiger partial charge is 0.466 e. The van der Waals surface area contributed by atoms with Gasteiger partial charge < -0.3 is 18.8 Å². The average molecular weight is 399 g/mol. The Morgan fingerprint density at radius 1 is 1.21 bits per heavy atom. The molecule has 1 aliphatic heterocycles. The zero-order valence-corrected chi connectivity index (χ0v) is 17.4. The Bertz CT molecular complexity index is 858. The molecule has 1 aliphatic rings. The van der Waals surface area contributed by atoms with Crippen molar-refractivity contribution in [3.05, 3.63) is 59.0 Å². The van der Waals surface area contributed by atoms with Crippen molar-refractivity contribution in [1.82, 2.24) is 4.90 Å². The van der Waals surface area contributed by atoms with Crippen LogP contribution in [0.25, 0.3) is 0 Å². The number of rotatable bonds is 7. The third kappa shape index (κ3) is 4.70. The maximum atomic E-state index is 13.0. The SMILES string of the molecule is CCOC(=O)[C@]1(Cc2ccccc2C)CCCN(C(=O)c2ccc(COC)o2)C1. The van der Waals surface area contributed by atoms with Crippen molar-refractivity contribution in [1.29, 1.82) is 0 Å². The molecule has 29 heavy (non-hydrogen) atoms. The number of carbonyl (C=O) groups excluding carboxylic acids is 2. The van der Waals surface area contributed by atoms with Crippen LogP contribution in [-0.2, 0) is 27.3 Å². The lowest BCUT2D eigenvalue weighted by molar-refractivity contribution is -0.158. The van der Waals surface area contributed by atoms with E-state index in [1.807, 2.05) is 38.1 Å². The monoisotopic (exact) mass is 399 g/mol. The summed E-state index contributed by atoms with van der Waals surface area (Å²) in [5.74, 6) is 0.433. The Morgan fingerprint density at radius 2 is 2.00 bits per heavy atom. The molecule has 0 spiro atoms. The number of nitrogens with zero attached hydrogens (tertiary/aromatic N) is 1. The van der Waals surface area contributed by atoms with E-state index in [2.05, 4.69) is 0 Å². The normalized spacial score (nSPS) is 19.2. The van der Waals surface area contributed by atoms with Crippen molar-refractivity contribution in [3.8, 4) is 0 Å². The van der Waals surface area contributed by atoms with Gasteiger partial charge >= 0.3 is 5.97 Å². The number of likely N-dealkylation sites (tertiary alicyclic amines) is 1. The highest BCUT2D eigenvalue weighted by Gasteiger charge is 2.45. The number of furan rings is 1. The van der Waals surface area contributed by atoms with Crippen molar-refractivity contribution >= 4 is 11.9 Å². The number of carbonyl (C=O) groups is 2. The van der Waals surface area contributed by atoms with Crippen LogP contribution in [0.2, 0.25) is 0 Å². The van der Waals surface area contributed by atoms with Crippen molar-refractivity contribution in [2.75, 3.05) is 26.8 Å². The third-order valence-electron chi connectivity index (χ3n) is 5.52. The van der Waals surface area contributed by atoms with Crippen LogP contribution in [0, 0.1) is 12.3 Å². The lowest BCUT2D eigenvalue weighted by Crippen LogP contribution is -2.51. The number of ether oxygens (including phenoxy) is 2. The van der Waals surface area contributed by atoms with Gasteiger partial charge in [-0.25, -0.2) is 0 Å². The number of esters is 1. The van der Waals surface area contributed by atoms with Gasteiger partial charge in [0.2, 0.25) is 0 Å². The first-order valence-electron chi connectivity index (χ1n) is 10.1. The fourth-order valence-corrected chi connectivity index (χ4v) is 4.01. The highest BCUT2D eigenvalue weighted by molar-refractivity contribution is 5.92. The molecule has 3 rings (SSSR count). The van der Waals surface area contributed by atoms with Crippen LogP contribution >= 0.6 is 0 Å². The van der Waals surface area contributed by atoms with Gasteiger partial charge in [0.05, 0.1) is 12.0 Å². The molecule has 1 fully saturated rings. The predicted octanol–water partition coefficient (Wildman–Crippen LogP) is 3.76. The molecule has 2 heterocycles. The van der Waals surface area contributed by atoms with E-state index < -0.39 is 5.41 Å². The number of piperidine rings is 1. The molecule has 0 N–H and O–H groups in total. The van der Waals surface area contributed by atoms with Gasteiger partial charge in [-0.15, -0.1) is 0 Å². The van der Waals surface area contributed by atoms with E-state index in [0.717, 1.165) is 17.5 Å². The minimum Gasteiger partial charge on any atom is -0.466 e. The van der Waals surface area contributed by atoms with E-state index in [-0.39, 0.29) is 17.6 Å². The van der Waals surface area contributed by atoms with E-state index in [9.17, 15) is 9.59 Å². The molecular weight excluding hydrogens is 370 g/mol. The average Bonchev–Trinajstić information content (AvgIpc) is 3.18. The minimum absolute atomic E-state index is 0.203. The molecular formula is C23H29NO5. The molecule has 156 valence electrons. The van der Waals surface area contributed by atoms with E-state index in [0.29, 0.717) is 44.9 Å². The summed E-state index contributed by atoms with van der Waals surface area (Å²) >= 11 is 0. The fourth-order valence-electron chi connectivity index (χ4n) is 4.01. The van der Waals surface area contributed by atoms with Crippen LogP contribution < -0.4 is 0 Å². The molecule has 1 saturated heterocycles. The lowest BCUT2D eigenvalue weighted by Gasteiger charge is -2.41. The molecule has 0 bridgehead atoms. The van der Waals surface area contributed by atoms with Gasteiger partial charge in [0.1, 0.15) is 12.4 Å². The molecule has 1 aromatic heterocycles. The number of hydrogen-bond acceptors (Lipinski definition) is 5. The Balaban J connectivity index is 1.85. The zero-order chi connectivity index (χ0) is 20.9. The molecule has 0 radical (unpaired) electrons. The highest BCUT2D eigenvalue weighted by Crippen LogP contribution is 2.36. The topological polar surface area (TPSA) is 69.0 Å². The van der Waals surface area contributed by atoms with Crippen LogP contribution in [0.5, 0.6) is 0 Å². The number of benzene rings is 1. The smallest absolute Gasteiger partial charge is 0.314 e. The van der Waals surface area contributed by atoms with Gasteiger partial charge in [0.15, 0.2) is 5.76 Å². The molecule has 0 saturated carbocycles.